The third-order valence-corrected chi connectivity index (χ3v) is 4.71. The molecule has 0 amide bonds. The highest BCUT2D eigenvalue weighted by Crippen LogP contribution is 2.10. The Hall–Kier alpha value is -0.900. The summed E-state index contributed by atoms with van der Waals surface area (Å²) in [7, 11) is 0. The molecular formula is C22H43NO3. The molecule has 0 fully saturated rings. The lowest BCUT2D eigenvalue weighted by molar-refractivity contribution is -0.191. The first-order valence-corrected chi connectivity index (χ1v) is 11.1. The highest BCUT2D eigenvalue weighted by Gasteiger charge is 2.11. The molecule has 0 aromatic carbocycles. The Balaban J connectivity index is 3.85. The van der Waals surface area contributed by atoms with Crippen molar-refractivity contribution in [3.8, 4) is 0 Å². The van der Waals surface area contributed by atoms with Crippen LogP contribution in [0.15, 0.2) is 0 Å². The Bertz CT molecular complexity index is 309. The molecule has 0 spiro atoms. The summed E-state index contributed by atoms with van der Waals surface area (Å²) in [6, 6.07) is 0. The fraction of sp³-hybridized carbons (Fsp3) is 0.909. The summed E-state index contributed by atoms with van der Waals surface area (Å²) in [5.74, 6) is -0.0723. The van der Waals surface area contributed by atoms with Gasteiger partial charge in [0.25, 0.3) is 0 Å². The Kier molecular flexibility index (Phi) is 19.7. The summed E-state index contributed by atoms with van der Waals surface area (Å²) in [6.45, 7) is 6.17. The van der Waals surface area contributed by atoms with Crippen molar-refractivity contribution >= 4 is 12.3 Å². The number of rotatable bonds is 20. The molecule has 0 aromatic rings. The lowest BCUT2D eigenvalue weighted by atomic mass is 10.1. The second kappa shape index (κ2) is 20.4. The van der Waals surface area contributed by atoms with Crippen LogP contribution in [0.4, 0.5) is 0 Å². The van der Waals surface area contributed by atoms with E-state index in [1.165, 1.54) is 38.5 Å². The van der Waals surface area contributed by atoms with Crippen molar-refractivity contribution in [2.75, 3.05) is 13.1 Å². The first-order chi connectivity index (χ1) is 12.7. The molecular weight excluding hydrogens is 326 g/mol. The lowest BCUT2D eigenvalue weighted by Gasteiger charge is -2.21. The lowest BCUT2D eigenvalue weighted by Crippen LogP contribution is -2.29. The van der Waals surface area contributed by atoms with E-state index < -0.39 is 0 Å². The van der Waals surface area contributed by atoms with Crippen molar-refractivity contribution in [1.82, 2.24) is 5.06 Å². The summed E-state index contributed by atoms with van der Waals surface area (Å²) >= 11 is 0. The number of hydroxylamine groups is 2. The molecule has 0 aliphatic rings. The molecule has 0 unspecified atom stereocenters. The molecule has 0 saturated carbocycles. The van der Waals surface area contributed by atoms with Crippen molar-refractivity contribution in [1.29, 1.82) is 0 Å². The molecule has 0 bridgehead atoms. The number of aldehydes is 1. The van der Waals surface area contributed by atoms with Crippen LogP contribution in [-0.2, 0) is 14.4 Å². The van der Waals surface area contributed by atoms with Gasteiger partial charge in [0, 0.05) is 25.9 Å². The van der Waals surface area contributed by atoms with E-state index in [1.54, 1.807) is 0 Å². The molecule has 4 heteroatoms. The molecule has 0 rings (SSSR count). The number of hydrogen-bond donors (Lipinski definition) is 0. The first-order valence-electron chi connectivity index (χ1n) is 11.1. The van der Waals surface area contributed by atoms with Gasteiger partial charge >= 0.3 is 5.97 Å². The fourth-order valence-corrected chi connectivity index (χ4v) is 3.03. The smallest absolute Gasteiger partial charge is 0.325 e. The third kappa shape index (κ3) is 17.9. The van der Waals surface area contributed by atoms with Gasteiger partial charge in [-0.05, 0) is 25.7 Å². The number of carbonyl (C=O) groups excluding carboxylic acids is 2. The Morgan fingerprint density at radius 2 is 1.23 bits per heavy atom. The Labute approximate surface area is 162 Å². The average Bonchev–Trinajstić information content (AvgIpc) is 2.64. The summed E-state index contributed by atoms with van der Waals surface area (Å²) in [5, 5.41) is 1.91. The minimum absolute atomic E-state index is 0.0723. The number of carbonyl (C=O) groups is 2. The largest absolute Gasteiger partial charge is 0.368 e. The Morgan fingerprint density at radius 3 is 1.77 bits per heavy atom. The zero-order valence-corrected chi connectivity index (χ0v) is 17.5. The predicted octanol–water partition coefficient (Wildman–Crippen LogP) is 6.23. The maximum absolute atomic E-state index is 12.1. The quantitative estimate of drug-likeness (QED) is 0.145. The van der Waals surface area contributed by atoms with Crippen LogP contribution in [0, 0.1) is 0 Å². The first kappa shape index (κ1) is 25.1. The highest BCUT2D eigenvalue weighted by atomic mass is 16.7. The normalized spacial score (nSPS) is 11.0. The minimum atomic E-state index is -0.0723. The molecule has 4 nitrogen and oxygen atoms in total. The van der Waals surface area contributed by atoms with Crippen molar-refractivity contribution in [3.63, 3.8) is 0 Å². The summed E-state index contributed by atoms with van der Waals surface area (Å²) in [5.41, 5.74) is 0. The van der Waals surface area contributed by atoms with Gasteiger partial charge in [-0.3, -0.25) is 4.79 Å². The van der Waals surface area contributed by atoms with E-state index in [9.17, 15) is 9.59 Å². The van der Waals surface area contributed by atoms with Crippen LogP contribution in [0.1, 0.15) is 117 Å². The second-order valence-electron chi connectivity index (χ2n) is 7.34. The van der Waals surface area contributed by atoms with E-state index in [2.05, 4.69) is 13.8 Å². The van der Waals surface area contributed by atoms with Gasteiger partial charge in [0.1, 0.15) is 6.29 Å². The van der Waals surface area contributed by atoms with E-state index in [0.717, 1.165) is 70.7 Å². The molecule has 0 N–H and O–H groups in total. The maximum atomic E-state index is 12.1. The zero-order valence-electron chi connectivity index (χ0n) is 17.5. The highest BCUT2D eigenvalue weighted by molar-refractivity contribution is 5.68. The Morgan fingerprint density at radius 1 is 0.731 bits per heavy atom. The third-order valence-electron chi connectivity index (χ3n) is 4.71. The predicted molar refractivity (Wildman–Crippen MR) is 109 cm³/mol. The maximum Gasteiger partial charge on any atom is 0.325 e. The zero-order chi connectivity index (χ0) is 19.3. The van der Waals surface area contributed by atoms with Crippen molar-refractivity contribution < 1.29 is 14.4 Å². The van der Waals surface area contributed by atoms with Gasteiger partial charge in [0.15, 0.2) is 0 Å². The monoisotopic (exact) mass is 369 g/mol. The molecule has 0 atom stereocenters. The topological polar surface area (TPSA) is 46.6 Å². The summed E-state index contributed by atoms with van der Waals surface area (Å²) < 4.78 is 0. The van der Waals surface area contributed by atoms with Gasteiger partial charge in [0.2, 0.25) is 0 Å². The SMILES string of the molecule is CCCCCCN(CCCCCC)OC(=O)CCCCCCCCC=O. The molecule has 0 aromatic heterocycles. The van der Waals surface area contributed by atoms with Crippen LogP contribution in [-0.4, -0.2) is 30.4 Å². The minimum Gasteiger partial charge on any atom is -0.368 e. The molecule has 0 heterocycles. The molecule has 26 heavy (non-hydrogen) atoms. The van der Waals surface area contributed by atoms with Crippen molar-refractivity contribution in [2.45, 2.75) is 117 Å². The van der Waals surface area contributed by atoms with E-state index in [-0.39, 0.29) is 5.97 Å². The summed E-state index contributed by atoms with van der Waals surface area (Å²) in [4.78, 5) is 28.0. The van der Waals surface area contributed by atoms with Crippen molar-refractivity contribution in [3.05, 3.63) is 0 Å². The molecule has 0 aliphatic heterocycles. The van der Waals surface area contributed by atoms with Gasteiger partial charge in [0.05, 0.1) is 0 Å². The van der Waals surface area contributed by atoms with E-state index in [4.69, 9.17) is 4.84 Å². The standard InChI is InChI=1S/C22H43NO3/c1-3-5-7-15-19-23(20-16-8-6-4-2)26-22(25)18-14-12-10-9-11-13-17-21-24/h21H,3-20H2,1-2H3. The number of hydrogen-bond acceptors (Lipinski definition) is 4. The van der Waals surface area contributed by atoms with Gasteiger partial charge in [-0.2, -0.15) is 0 Å². The average molecular weight is 370 g/mol. The van der Waals surface area contributed by atoms with E-state index >= 15 is 0 Å². The van der Waals surface area contributed by atoms with Gasteiger partial charge in [-0.25, -0.2) is 0 Å². The van der Waals surface area contributed by atoms with E-state index in [0.29, 0.717) is 12.8 Å². The summed E-state index contributed by atoms with van der Waals surface area (Å²) in [6.07, 6.45) is 18.2. The van der Waals surface area contributed by atoms with Gasteiger partial charge < -0.3 is 9.63 Å². The van der Waals surface area contributed by atoms with Crippen LogP contribution in [0.25, 0.3) is 0 Å². The van der Waals surface area contributed by atoms with Crippen LogP contribution in [0.2, 0.25) is 0 Å². The van der Waals surface area contributed by atoms with Gasteiger partial charge in [-0.1, -0.05) is 78.1 Å². The molecule has 154 valence electrons. The molecule has 0 saturated heterocycles. The van der Waals surface area contributed by atoms with Crippen LogP contribution in [0.3, 0.4) is 0 Å². The van der Waals surface area contributed by atoms with Crippen LogP contribution in [0.5, 0.6) is 0 Å². The second-order valence-corrected chi connectivity index (χ2v) is 7.34. The number of unbranched alkanes of at least 4 members (excludes halogenated alkanes) is 12. The number of nitrogens with zero attached hydrogens (tertiary/aromatic N) is 1. The van der Waals surface area contributed by atoms with Crippen molar-refractivity contribution in [2.24, 2.45) is 0 Å². The van der Waals surface area contributed by atoms with Crippen LogP contribution < -0.4 is 0 Å². The van der Waals surface area contributed by atoms with Crippen LogP contribution >= 0.6 is 0 Å². The van der Waals surface area contributed by atoms with E-state index in [1.807, 2.05) is 5.06 Å². The molecule has 0 aliphatic carbocycles. The fourth-order valence-electron chi connectivity index (χ4n) is 3.03. The molecule has 0 radical (unpaired) electrons. The van der Waals surface area contributed by atoms with Gasteiger partial charge in [-0.15, -0.1) is 5.06 Å².